The summed E-state index contributed by atoms with van der Waals surface area (Å²) in [7, 11) is -8.38. The summed E-state index contributed by atoms with van der Waals surface area (Å²) in [6, 6.07) is 8.78. The second kappa shape index (κ2) is 6.10. The van der Waals surface area contributed by atoms with E-state index in [1.807, 2.05) is 0 Å². The van der Waals surface area contributed by atoms with Crippen LogP contribution in [0.2, 0.25) is 0 Å². The van der Waals surface area contributed by atoms with Crippen LogP contribution in [0.15, 0.2) is 46.2 Å². The van der Waals surface area contributed by atoms with Gasteiger partial charge in [0.25, 0.3) is 0 Å². The summed E-state index contributed by atoms with van der Waals surface area (Å²) < 4.78 is 49.3. The number of sulfone groups is 2. The number of anilines is 2. The van der Waals surface area contributed by atoms with Crippen LogP contribution in [0.1, 0.15) is 18.1 Å². The van der Waals surface area contributed by atoms with Gasteiger partial charge in [0.2, 0.25) is 0 Å². The SMILES string of the molecule is Cc1ccc(S(=O)(=O)C(C)S(=O)(=O)c2ccc(C)cc2N)c(N)c1. The second-order valence-corrected chi connectivity index (χ2v) is 10.5. The van der Waals surface area contributed by atoms with Crippen LogP contribution in [0.25, 0.3) is 0 Å². The monoisotopic (exact) mass is 368 g/mol. The second-order valence-electron chi connectivity index (χ2n) is 5.74. The largest absolute Gasteiger partial charge is 0.398 e. The van der Waals surface area contributed by atoms with E-state index < -0.39 is 24.3 Å². The molecule has 0 heterocycles. The summed E-state index contributed by atoms with van der Waals surface area (Å²) in [5.41, 5.74) is 13.2. The van der Waals surface area contributed by atoms with E-state index in [0.717, 1.165) is 18.1 Å². The number of hydrogen-bond acceptors (Lipinski definition) is 6. The zero-order valence-corrected chi connectivity index (χ0v) is 15.3. The molecule has 0 amide bonds. The van der Waals surface area contributed by atoms with Gasteiger partial charge in [0.15, 0.2) is 24.3 Å². The van der Waals surface area contributed by atoms with E-state index >= 15 is 0 Å². The third kappa shape index (κ3) is 3.11. The fourth-order valence-corrected chi connectivity index (χ4v) is 6.34. The Hall–Kier alpha value is -2.06. The maximum atomic E-state index is 12.8. The first-order valence-corrected chi connectivity index (χ1v) is 10.3. The molecule has 8 heteroatoms. The number of rotatable bonds is 4. The van der Waals surface area contributed by atoms with Gasteiger partial charge in [-0.2, -0.15) is 0 Å². The van der Waals surface area contributed by atoms with Crippen molar-refractivity contribution < 1.29 is 16.8 Å². The minimum absolute atomic E-state index is 0.0222. The van der Waals surface area contributed by atoms with Gasteiger partial charge in [-0.15, -0.1) is 0 Å². The third-order valence-corrected chi connectivity index (χ3v) is 9.06. The van der Waals surface area contributed by atoms with Crippen LogP contribution in [-0.4, -0.2) is 21.4 Å². The first kappa shape index (κ1) is 18.3. The van der Waals surface area contributed by atoms with Gasteiger partial charge in [-0.3, -0.25) is 0 Å². The molecule has 0 fully saturated rings. The predicted molar refractivity (Wildman–Crippen MR) is 95.0 cm³/mol. The molecule has 0 aliphatic carbocycles. The molecule has 0 atom stereocenters. The Morgan fingerprint density at radius 1 is 0.750 bits per heavy atom. The fraction of sp³-hybridized carbons (Fsp3) is 0.250. The molecule has 0 radical (unpaired) electrons. The molecule has 2 rings (SSSR count). The number of nitrogens with two attached hydrogens (primary N) is 2. The molecule has 4 N–H and O–H groups in total. The van der Waals surface area contributed by atoms with Crippen molar-refractivity contribution in [2.75, 3.05) is 11.5 Å². The molecule has 0 saturated carbocycles. The van der Waals surface area contributed by atoms with Crippen LogP contribution in [0, 0.1) is 13.8 Å². The van der Waals surface area contributed by atoms with E-state index in [-0.39, 0.29) is 21.2 Å². The van der Waals surface area contributed by atoms with E-state index in [1.165, 1.54) is 24.3 Å². The van der Waals surface area contributed by atoms with Crippen LogP contribution in [-0.2, 0) is 19.7 Å². The normalized spacial score (nSPS) is 12.5. The van der Waals surface area contributed by atoms with E-state index in [1.54, 1.807) is 26.0 Å². The lowest BCUT2D eigenvalue weighted by Gasteiger charge is -2.17. The number of benzene rings is 2. The molecule has 6 nitrogen and oxygen atoms in total. The zero-order valence-electron chi connectivity index (χ0n) is 13.6. The molecule has 0 aromatic heterocycles. The van der Waals surface area contributed by atoms with Crippen LogP contribution in [0.5, 0.6) is 0 Å². The van der Waals surface area contributed by atoms with Crippen molar-refractivity contribution in [3.8, 4) is 0 Å². The van der Waals surface area contributed by atoms with Gasteiger partial charge in [0.05, 0.1) is 21.2 Å². The topological polar surface area (TPSA) is 120 Å². The molecule has 2 aromatic carbocycles. The fourth-order valence-electron chi connectivity index (χ4n) is 2.38. The predicted octanol–water partition coefficient (Wildman–Crippen LogP) is 2.06. The Balaban J connectivity index is 2.58. The van der Waals surface area contributed by atoms with Crippen molar-refractivity contribution in [3.05, 3.63) is 47.5 Å². The molecule has 0 aliphatic heterocycles. The molecule has 0 spiro atoms. The quantitative estimate of drug-likeness (QED) is 0.797. The standard InChI is InChI=1S/C16H20N2O4S2/c1-10-4-6-15(13(17)8-10)23(19,20)12(3)24(21,22)16-7-5-11(2)9-14(16)18/h4-9,12H,17-18H2,1-3H3. The number of aryl methyl sites for hydroxylation is 2. The molecule has 2 aromatic rings. The first-order chi connectivity index (χ1) is 11.0. The highest BCUT2D eigenvalue weighted by Gasteiger charge is 2.38. The van der Waals surface area contributed by atoms with Gasteiger partial charge < -0.3 is 11.5 Å². The maximum absolute atomic E-state index is 12.8. The Kier molecular flexibility index (Phi) is 4.65. The van der Waals surface area contributed by atoms with Gasteiger partial charge in [-0.25, -0.2) is 16.8 Å². The van der Waals surface area contributed by atoms with Crippen molar-refractivity contribution in [1.29, 1.82) is 0 Å². The van der Waals surface area contributed by atoms with Gasteiger partial charge in [-0.1, -0.05) is 12.1 Å². The summed E-state index contributed by atoms with van der Waals surface area (Å²) in [6.07, 6.45) is 0. The minimum atomic E-state index is -4.19. The van der Waals surface area contributed by atoms with Crippen LogP contribution < -0.4 is 11.5 Å². The van der Waals surface area contributed by atoms with Crippen molar-refractivity contribution >= 4 is 31.0 Å². The van der Waals surface area contributed by atoms with E-state index in [0.29, 0.717) is 0 Å². The lowest BCUT2D eigenvalue weighted by atomic mass is 10.2. The highest BCUT2D eigenvalue weighted by Crippen LogP contribution is 2.31. The maximum Gasteiger partial charge on any atom is 0.197 e. The molecule has 0 unspecified atom stereocenters. The Morgan fingerprint density at radius 3 is 1.38 bits per heavy atom. The van der Waals surface area contributed by atoms with Crippen molar-refractivity contribution in [1.82, 2.24) is 0 Å². The van der Waals surface area contributed by atoms with E-state index in [9.17, 15) is 16.8 Å². The van der Waals surface area contributed by atoms with Crippen molar-refractivity contribution in [3.63, 3.8) is 0 Å². The Morgan fingerprint density at radius 2 is 1.08 bits per heavy atom. The van der Waals surface area contributed by atoms with Gasteiger partial charge in [0.1, 0.15) is 0 Å². The zero-order chi connectivity index (χ0) is 18.3. The smallest absolute Gasteiger partial charge is 0.197 e. The van der Waals surface area contributed by atoms with Crippen LogP contribution in [0.4, 0.5) is 11.4 Å². The molecular formula is C16H20N2O4S2. The Labute approximate surface area is 142 Å². The summed E-state index contributed by atoms with van der Waals surface area (Å²) in [4.78, 5) is -0.398. The average molecular weight is 368 g/mol. The summed E-state index contributed by atoms with van der Waals surface area (Å²) >= 11 is 0. The lowest BCUT2D eigenvalue weighted by Crippen LogP contribution is -2.29. The summed E-state index contributed by atoms with van der Waals surface area (Å²) in [5.74, 6) is 0. The molecule has 24 heavy (non-hydrogen) atoms. The molecule has 130 valence electrons. The van der Waals surface area contributed by atoms with Crippen LogP contribution in [0.3, 0.4) is 0 Å². The minimum Gasteiger partial charge on any atom is -0.398 e. The first-order valence-electron chi connectivity index (χ1n) is 7.18. The van der Waals surface area contributed by atoms with E-state index in [2.05, 4.69) is 0 Å². The van der Waals surface area contributed by atoms with Crippen molar-refractivity contribution in [2.24, 2.45) is 0 Å². The van der Waals surface area contributed by atoms with Gasteiger partial charge in [-0.05, 0) is 56.2 Å². The summed E-state index contributed by atoms with van der Waals surface area (Å²) in [5, 5.41) is 0. The molecular weight excluding hydrogens is 348 g/mol. The molecule has 0 saturated heterocycles. The summed E-state index contributed by atoms with van der Waals surface area (Å²) in [6.45, 7) is 4.66. The number of nitrogen functional groups attached to an aromatic ring is 2. The molecule has 0 bridgehead atoms. The molecule has 0 aliphatic rings. The highest BCUT2D eigenvalue weighted by molar-refractivity contribution is 8.09. The van der Waals surface area contributed by atoms with Gasteiger partial charge >= 0.3 is 0 Å². The average Bonchev–Trinajstić information content (AvgIpc) is 2.45. The highest BCUT2D eigenvalue weighted by atomic mass is 32.3. The van der Waals surface area contributed by atoms with Gasteiger partial charge in [0, 0.05) is 0 Å². The van der Waals surface area contributed by atoms with Crippen molar-refractivity contribution in [2.45, 2.75) is 35.1 Å². The lowest BCUT2D eigenvalue weighted by molar-refractivity contribution is 0.578. The third-order valence-electron chi connectivity index (χ3n) is 3.82. The Bertz CT molecular complexity index is 915. The van der Waals surface area contributed by atoms with Crippen LogP contribution >= 0.6 is 0 Å². The number of hydrogen-bond donors (Lipinski definition) is 2. The van der Waals surface area contributed by atoms with E-state index in [4.69, 9.17) is 11.5 Å².